The summed E-state index contributed by atoms with van der Waals surface area (Å²) >= 11 is 0. The Hall–Kier alpha value is -2.72. The lowest BCUT2D eigenvalue weighted by atomic mass is 10.1. The second-order valence-electron chi connectivity index (χ2n) is 8.20. The highest BCUT2D eigenvalue weighted by Crippen LogP contribution is 2.17. The van der Waals surface area contributed by atoms with Crippen molar-refractivity contribution in [1.29, 1.82) is 0 Å². The Kier molecular flexibility index (Phi) is 8.74. The van der Waals surface area contributed by atoms with Crippen molar-refractivity contribution in [2.45, 2.75) is 58.5 Å². The molecular formula is C19H30F3N5O3. The molecule has 1 heterocycles. The minimum atomic E-state index is -4.41. The van der Waals surface area contributed by atoms with Crippen LogP contribution in [-0.4, -0.2) is 54.6 Å². The number of guanidine groups is 1. The summed E-state index contributed by atoms with van der Waals surface area (Å²) in [7, 11) is 1.59. The molecule has 11 heteroatoms. The van der Waals surface area contributed by atoms with Crippen molar-refractivity contribution in [3.63, 3.8) is 0 Å². The molecule has 0 bridgehead atoms. The molecule has 0 aliphatic carbocycles. The molecular weight excluding hydrogens is 403 g/mol. The van der Waals surface area contributed by atoms with Gasteiger partial charge in [-0.3, -0.25) is 4.99 Å². The van der Waals surface area contributed by atoms with Gasteiger partial charge in [-0.05, 0) is 40.2 Å². The largest absolute Gasteiger partial charge is 0.468 e. The summed E-state index contributed by atoms with van der Waals surface area (Å²) in [4.78, 5) is 19.9. The smallest absolute Gasteiger partial charge is 0.422 e. The summed E-state index contributed by atoms with van der Waals surface area (Å²) in [6.07, 6.45) is -3.51. The Morgan fingerprint density at radius 1 is 1.13 bits per heavy atom. The highest BCUT2D eigenvalue weighted by molar-refractivity contribution is 5.79. The van der Waals surface area contributed by atoms with Gasteiger partial charge in [-0.25, -0.2) is 9.78 Å². The minimum absolute atomic E-state index is 0.103. The molecule has 0 radical (unpaired) electrons. The van der Waals surface area contributed by atoms with Crippen LogP contribution in [0.15, 0.2) is 23.3 Å². The van der Waals surface area contributed by atoms with Crippen molar-refractivity contribution in [3.05, 3.63) is 23.9 Å². The first-order valence-corrected chi connectivity index (χ1v) is 9.29. The molecule has 1 rings (SSSR count). The monoisotopic (exact) mass is 433 g/mol. The first kappa shape index (κ1) is 25.3. The van der Waals surface area contributed by atoms with Gasteiger partial charge in [0.2, 0.25) is 5.88 Å². The standard InChI is InChI=1S/C19H30F3N5O3/c1-17(2,3)30-16(28)27-18(4,5)11-26-15(23-6)25-10-13-7-8-14(24-9-13)29-12-19(20,21)22/h7-9H,10-12H2,1-6H3,(H,27,28)(H2,23,25,26). The molecule has 3 N–H and O–H groups in total. The van der Waals surface area contributed by atoms with Crippen LogP contribution in [0.1, 0.15) is 40.2 Å². The second-order valence-corrected chi connectivity index (χ2v) is 8.20. The Balaban J connectivity index is 2.48. The molecule has 1 aromatic rings. The molecule has 0 saturated carbocycles. The van der Waals surface area contributed by atoms with E-state index >= 15 is 0 Å². The number of nitrogens with one attached hydrogen (secondary N) is 3. The molecule has 8 nitrogen and oxygen atoms in total. The first-order valence-electron chi connectivity index (χ1n) is 9.29. The fourth-order valence-electron chi connectivity index (χ4n) is 2.09. The molecule has 0 saturated heterocycles. The summed E-state index contributed by atoms with van der Waals surface area (Å²) < 4.78 is 46.3. The van der Waals surface area contributed by atoms with Gasteiger partial charge < -0.3 is 25.4 Å². The van der Waals surface area contributed by atoms with Crippen LogP contribution in [0.5, 0.6) is 5.88 Å². The Morgan fingerprint density at radius 3 is 2.30 bits per heavy atom. The number of rotatable bonds is 7. The van der Waals surface area contributed by atoms with Gasteiger partial charge in [0.25, 0.3) is 0 Å². The summed E-state index contributed by atoms with van der Waals surface area (Å²) in [6, 6.07) is 2.97. The number of alkyl carbamates (subject to hydrolysis) is 1. The van der Waals surface area contributed by atoms with Crippen molar-refractivity contribution in [3.8, 4) is 5.88 Å². The van der Waals surface area contributed by atoms with E-state index in [2.05, 4.69) is 30.7 Å². The summed E-state index contributed by atoms with van der Waals surface area (Å²) in [5, 5.41) is 8.94. The molecule has 0 aliphatic heterocycles. The van der Waals surface area contributed by atoms with E-state index in [1.165, 1.54) is 12.3 Å². The molecule has 0 unspecified atom stereocenters. The number of amides is 1. The topological polar surface area (TPSA) is 96.9 Å². The SMILES string of the molecule is CN=C(NCc1ccc(OCC(F)(F)F)nc1)NCC(C)(C)NC(=O)OC(C)(C)C. The van der Waals surface area contributed by atoms with E-state index in [0.717, 1.165) is 5.56 Å². The number of alkyl halides is 3. The molecule has 1 aromatic heterocycles. The van der Waals surface area contributed by atoms with E-state index in [1.54, 1.807) is 33.9 Å². The average Bonchev–Trinajstić information content (AvgIpc) is 2.58. The van der Waals surface area contributed by atoms with E-state index in [4.69, 9.17) is 4.74 Å². The maximum Gasteiger partial charge on any atom is 0.422 e. The van der Waals surface area contributed by atoms with Crippen molar-refractivity contribution in [2.24, 2.45) is 4.99 Å². The van der Waals surface area contributed by atoms with Crippen LogP contribution in [0.2, 0.25) is 0 Å². The van der Waals surface area contributed by atoms with E-state index in [-0.39, 0.29) is 5.88 Å². The van der Waals surface area contributed by atoms with Gasteiger partial charge >= 0.3 is 12.3 Å². The van der Waals surface area contributed by atoms with Crippen molar-refractivity contribution < 1.29 is 27.4 Å². The normalized spacial score (nSPS) is 12.9. The van der Waals surface area contributed by atoms with E-state index < -0.39 is 30.0 Å². The number of carbonyl (C=O) groups is 1. The third kappa shape index (κ3) is 11.3. The third-order valence-electron chi connectivity index (χ3n) is 3.40. The van der Waals surface area contributed by atoms with Crippen molar-refractivity contribution in [2.75, 3.05) is 20.2 Å². The van der Waals surface area contributed by atoms with Crippen molar-refractivity contribution >= 4 is 12.1 Å². The first-order chi connectivity index (χ1) is 13.7. The predicted octanol–water partition coefficient (Wildman–Crippen LogP) is 2.99. The number of nitrogens with zero attached hydrogens (tertiary/aromatic N) is 2. The molecule has 0 fully saturated rings. The van der Waals surface area contributed by atoms with Crippen LogP contribution in [-0.2, 0) is 11.3 Å². The minimum Gasteiger partial charge on any atom is -0.468 e. The van der Waals surface area contributed by atoms with Gasteiger partial charge in [0.1, 0.15) is 5.60 Å². The number of halogens is 3. The fraction of sp³-hybridized carbons (Fsp3) is 0.632. The number of ether oxygens (including phenoxy) is 2. The third-order valence-corrected chi connectivity index (χ3v) is 3.40. The van der Waals surface area contributed by atoms with Crippen LogP contribution < -0.4 is 20.7 Å². The number of hydrogen-bond acceptors (Lipinski definition) is 5. The van der Waals surface area contributed by atoms with Crippen LogP contribution in [0.3, 0.4) is 0 Å². The average molecular weight is 433 g/mol. The second kappa shape index (κ2) is 10.4. The molecule has 0 aliphatic rings. The van der Waals surface area contributed by atoms with Gasteiger partial charge in [-0.15, -0.1) is 0 Å². The van der Waals surface area contributed by atoms with Crippen LogP contribution in [0.4, 0.5) is 18.0 Å². The number of aliphatic imine (C=N–C) groups is 1. The van der Waals surface area contributed by atoms with Gasteiger partial charge in [0.05, 0.1) is 5.54 Å². The zero-order valence-electron chi connectivity index (χ0n) is 18.1. The molecule has 0 atom stereocenters. The van der Waals surface area contributed by atoms with Crippen LogP contribution in [0, 0.1) is 0 Å². The summed E-state index contributed by atoms with van der Waals surface area (Å²) in [5.41, 5.74) is -0.477. The van der Waals surface area contributed by atoms with Crippen LogP contribution in [0.25, 0.3) is 0 Å². The number of carbonyl (C=O) groups excluding carboxylic acids is 1. The Labute approximate surface area is 174 Å². The summed E-state index contributed by atoms with van der Waals surface area (Å²) in [6.45, 7) is 8.34. The van der Waals surface area contributed by atoms with E-state index in [1.807, 2.05) is 13.8 Å². The lowest BCUT2D eigenvalue weighted by Gasteiger charge is -2.29. The lowest BCUT2D eigenvalue weighted by molar-refractivity contribution is -0.154. The van der Waals surface area contributed by atoms with Gasteiger partial charge in [0.15, 0.2) is 12.6 Å². The van der Waals surface area contributed by atoms with Gasteiger partial charge in [0, 0.05) is 32.4 Å². The van der Waals surface area contributed by atoms with Crippen molar-refractivity contribution in [1.82, 2.24) is 20.9 Å². The number of aromatic nitrogens is 1. The van der Waals surface area contributed by atoms with Gasteiger partial charge in [-0.1, -0.05) is 6.07 Å². The zero-order valence-corrected chi connectivity index (χ0v) is 18.1. The quantitative estimate of drug-likeness (QED) is 0.452. The Bertz CT molecular complexity index is 714. The van der Waals surface area contributed by atoms with E-state index in [9.17, 15) is 18.0 Å². The van der Waals surface area contributed by atoms with Gasteiger partial charge in [-0.2, -0.15) is 13.2 Å². The lowest BCUT2D eigenvalue weighted by Crippen LogP contribution is -2.54. The fourth-order valence-corrected chi connectivity index (χ4v) is 2.09. The Morgan fingerprint density at radius 2 is 1.80 bits per heavy atom. The summed E-state index contributed by atoms with van der Waals surface area (Å²) in [5.74, 6) is 0.375. The maximum atomic E-state index is 12.2. The highest BCUT2D eigenvalue weighted by atomic mass is 19.4. The number of hydrogen-bond donors (Lipinski definition) is 3. The zero-order chi connectivity index (χ0) is 23.0. The van der Waals surface area contributed by atoms with Crippen LogP contribution >= 0.6 is 0 Å². The molecule has 170 valence electrons. The maximum absolute atomic E-state index is 12.2. The molecule has 30 heavy (non-hydrogen) atoms. The number of pyridine rings is 1. The van der Waals surface area contributed by atoms with E-state index in [0.29, 0.717) is 19.0 Å². The highest BCUT2D eigenvalue weighted by Gasteiger charge is 2.28. The molecule has 1 amide bonds. The molecule has 0 spiro atoms. The predicted molar refractivity (Wildman–Crippen MR) is 107 cm³/mol. The molecule has 0 aromatic carbocycles.